The van der Waals surface area contributed by atoms with E-state index < -0.39 is 11.7 Å². The Labute approximate surface area is 154 Å². The highest BCUT2D eigenvalue weighted by molar-refractivity contribution is 8.04. The fourth-order valence-electron chi connectivity index (χ4n) is 2.70. The predicted molar refractivity (Wildman–Crippen MR) is 100 cm³/mol. The number of benzene rings is 2. The van der Waals surface area contributed by atoms with Gasteiger partial charge in [-0.2, -0.15) is 0 Å². The second-order valence-corrected chi connectivity index (χ2v) is 7.23. The van der Waals surface area contributed by atoms with E-state index >= 15 is 0 Å². The maximum absolute atomic E-state index is 13.2. The molecule has 128 valence electrons. The van der Waals surface area contributed by atoms with E-state index in [0.717, 1.165) is 10.5 Å². The summed E-state index contributed by atoms with van der Waals surface area (Å²) in [5.74, 6) is -0.547. The molecule has 0 atom stereocenters. The van der Waals surface area contributed by atoms with Crippen LogP contribution >= 0.6 is 23.4 Å². The lowest BCUT2D eigenvalue weighted by molar-refractivity contribution is -0.119. The quantitative estimate of drug-likeness (QED) is 0.718. The van der Waals surface area contributed by atoms with E-state index in [9.17, 15) is 14.0 Å². The molecule has 6 heteroatoms. The van der Waals surface area contributed by atoms with Crippen molar-refractivity contribution in [2.75, 3.05) is 10.7 Å². The third kappa shape index (κ3) is 3.22. The van der Waals surface area contributed by atoms with Crippen LogP contribution in [0, 0.1) is 12.7 Å². The van der Waals surface area contributed by atoms with Crippen LogP contribution in [0.25, 0.3) is 5.57 Å². The summed E-state index contributed by atoms with van der Waals surface area (Å²) in [5, 5.41) is 0.445. The van der Waals surface area contributed by atoms with Crippen molar-refractivity contribution < 1.29 is 14.0 Å². The number of carbonyl (C=O) groups excluding carboxylic acids is 2. The largest absolute Gasteiger partial charge is 0.272 e. The summed E-state index contributed by atoms with van der Waals surface area (Å²) in [6.45, 7) is 3.72. The van der Waals surface area contributed by atoms with Crippen LogP contribution in [0.1, 0.15) is 18.1 Å². The molecule has 0 fully saturated rings. The molecule has 2 aromatic rings. The zero-order valence-corrected chi connectivity index (χ0v) is 15.2. The Balaban J connectivity index is 2.13. The number of anilines is 1. The number of hydrogen-bond acceptors (Lipinski definition) is 3. The van der Waals surface area contributed by atoms with Gasteiger partial charge in [0.25, 0.3) is 11.8 Å². The fraction of sp³-hybridized carbons (Fsp3) is 0.158. The topological polar surface area (TPSA) is 37.4 Å². The van der Waals surface area contributed by atoms with Gasteiger partial charge in [0.05, 0.1) is 16.2 Å². The highest BCUT2D eigenvalue weighted by Gasteiger charge is 2.40. The number of aryl methyl sites for hydroxylation is 1. The summed E-state index contributed by atoms with van der Waals surface area (Å²) < 4.78 is 13.2. The molecular weight excluding hydrogens is 361 g/mol. The monoisotopic (exact) mass is 375 g/mol. The first-order valence-electron chi connectivity index (χ1n) is 7.72. The van der Waals surface area contributed by atoms with Crippen LogP contribution in [0.3, 0.4) is 0 Å². The summed E-state index contributed by atoms with van der Waals surface area (Å²) >= 11 is 7.36. The number of halogens is 2. The molecule has 3 rings (SSSR count). The Kier molecular flexibility index (Phi) is 4.97. The van der Waals surface area contributed by atoms with Crippen LogP contribution in [-0.2, 0) is 9.59 Å². The molecule has 0 unspecified atom stereocenters. The number of carbonyl (C=O) groups is 2. The van der Waals surface area contributed by atoms with Crippen molar-refractivity contribution in [2.24, 2.45) is 0 Å². The number of thioether (sulfide) groups is 1. The van der Waals surface area contributed by atoms with E-state index in [2.05, 4.69) is 0 Å². The lowest BCUT2D eigenvalue weighted by Crippen LogP contribution is -2.32. The van der Waals surface area contributed by atoms with E-state index in [1.54, 1.807) is 18.2 Å². The molecule has 1 heterocycles. The first-order chi connectivity index (χ1) is 11.9. The molecule has 2 amide bonds. The van der Waals surface area contributed by atoms with Crippen LogP contribution in [-0.4, -0.2) is 17.6 Å². The highest BCUT2D eigenvalue weighted by Crippen LogP contribution is 2.39. The first-order valence-corrected chi connectivity index (χ1v) is 9.08. The van der Waals surface area contributed by atoms with Crippen LogP contribution in [0.2, 0.25) is 5.02 Å². The van der Waals surface area contributed by atoms with E-state index in [-0.39, 0.29) is 5.91 Å². The van der Waals surface area contributed by atoms with Crippen molar-refractivity contribution in [3.63, 3.8) is 0 Å². The van der Waals surface area contributed by atoms with E-state index in [0.29, 0.717) is 32.5 Å². The van der Waals surface area contributed by atoms with Crippen LogP contribution in [0.4, 0.5) is 10.1 Å². The lowest BCUT2D eigenvalue weighted by Gasteiger charge is -2.18. The molecule has 1 aliphatic heterocycles. The van der Waals surface area contributed by atoms with Gasteiger partial charge < -0.3 is 0 Å². The van der Waals surface area contributed by atoms with Crippen LogP contribution in [0.15, 0.2) is 47.4 Å². The summed E-state index contributed by atoms with van der Waals surface area (Å²) in [6, 6.07) is 10.7. The number of imide groups is 1. The normalized spacial score (nSPS) is 14.6. The molecule has 2 aromatic carbocycles. The van der Waals surface area contributed by atoms with Gasteiger partial charge in [-0.1, -0.05) is 36.7 Å². The van der Waals surface area contributed by atoms with Crippen LogP contribution < -0.4 is 4.90 Å². The molecule has 0 saturated heterocycles. The second kappa shape index (κ2) is 7.02. The minimum absolute atomic E-state index is 0.302. The summed E-state index contributed by atoms with van der Waals surface area (Å²) in [7, 11) is 0. The van der Waals surface area contributed by atoms with Crippen LogP contribution in [0.5, 0.6) is 0 Å². The van der Waals surface area contributed by atoms with Gasteiger partial charge in [-0.25, -0.2) is 9.29 Å². The Morgan fingerprint density at radius 2 is 1.76 bits per heavy atom. The molecule has 0 N–H and O–H groups in total. The number of amides is 2. The Hall–Kier alpha value is -2.11. The predicted octanol–water partition coefficient (Wildman–Crippen LogP) is 4.83. The minimum atomic E-state index is -0.419. The van der Waals surface area contributed by atoms with Crippen molar-refractivity contribution in [2.45, 2.75) is 13.8 Å². The van der Waals surface area contributed by atoms with Gasteiger partial charge in [-0.15, -0.1) is 11.8 Å². The molecule has 0 aliphatic carbocycles. The van der Waals surface area contributed by atoms with Gasteiger partial charge in [0.2, 0.25) is 0 Å². The molecule has 0 bridgehead atoms. The SMILES string of the molecule is CCSC1=C(c2ccc(F)cc2)C(=O)N(c2cc(Cl)ccc2C)C1=O. The molecule has 25 heavy (non-hydrogen) atoms. The fourth-order valence-corrected chi connectivity index (χ4v) is 3.72. The van der Waals surface area contributed by atoms with E-state index in [4.69, 9.17) is 11.6 Å². The summed E-state index contributed by atoms with van der Waals surface area (Å²) in [6.07, 6.45) is 0. The van der Waals surface area contributed by atoms with Gasteiger partial charge in [0.15, 0.2) is 0 Å². The average Bonchev–Trinajstić information content (AvgIpc) is 2.82. The lowest BCUT2D eigenvalue weighted by atomic mass is 10.1. The van der Waals surface area contributed by atoms with E-state index in [1.165, 1.54) is 36.0 Å². The van der Waals surface area contributed by atoms with Crippen molar-refractivity contribution >= 4 is 46.4 Å². The smallest absolute Gasteiger partial charge is 0.268 e. The molecule has 0 saturated carbocycles. The summed E-state index contributed by atoms with van der Waals surface area (Å²) in [4.78, 5) is 27.5. The summed E-state index contributed by atoms with van der Waals surface area (Å²) in [5.41, 5.74) is 2.07. The van der Waals surface area contributed by atoms with Crippen molar-refractivity contribution in [3.8, 4) is 0 Å². The highest BCUT2D eigenvalue weighted by atomic mass is 35.5. The van der Waals surface area contributed by atoms with Gasteiger partial charge in [-0.3, -0.25) is 9.59 Å². The van der Waals surface area contributed by atoms with Gasteiger partial charge in [-0.05, 0) is 48.1 Å². The first kappa shape index (κ1) is 17.7. The molecule has 0 radical (unpaired) electrons. The zero-order chi connectivity index (χ0) is 18.1. The van der Waals surface area contributed by atoms with Gasteiger partial charge in [0, 0.05) is 5.02 Å². The maximum atomic E-state index is 13.2. The van der Waals surface area contributed by atoms with Gasteiger partial charge >= 0.3 is 0 Å². The Morgan fingerprint density at radius 3 is 2.40 bits per heavy atom. The third-order valence-electron chi connectivity index (χ3n) is 3.88. The van der Waals surface area contributed by atoms with E-state index in [1.807, 2.05) is 13.8 Å². The molecule has 1 aliphatic rings. The maximum Gasteiger partial charge on any atom is 0.272 e. The number of nitrogens with zero attached hydrogens (tertiary/aromatic N) is 1. The molecule has 0 aromatic heterocycles. The minimum Gasteiger partial charge on any atom is -0.268 e. The molecule has 3 nitrogen and oxygen atoms in total. The zero-order valence-electron chi connectivity index (χ0n) is 13.7. The van der Waals surface area contributed by atoms with Gasteiger partial charge in [0.1, 0.15) is 5.82 Å². The molecular formula is C19H15ClFNO2S. The number of hydrogen-bond donors (Lipinski definition) is 0. The number of rotatable bonds is 4. The second-order valence-electron chi connectivity index (χ2n) is 5.52. The Morgan fingerprint density at radius 1 is 1.08 bits per heavy atom. The van der Waals surface area contributed by atoms with Crippen molar-refractivity contribution in [1.29, 1.82) is 0 Å². The average molecular weight is 376 g/mol. The van der Waals surface area contributed by atoms with Crippen molar-refractivity contribution in [1.82, 2.24) is 0 Å². The molecule has 0 spiro atoms. The van der Waals surface area contributed by atoms with Crippen molar-refractivity contribution in [3.05, 3.63) is 69.3 Å². The standard InChI is InChI=1S/C19H15ClFNO2S/c1-3-25-17-16(12-5-8-14(21)9-6-12)18(23)22(19(17)24)15-10-13(20)7-4-11(15)2/h4-10H,3H2,1-2H3. The Bertz CT molecular complexity index is 893. The third-order valence-corrected chi connectivity index (χ3v) is 5.07.